The number of ether oxygens (including phenoxy) is 1. The van der Waals surface area contributed by atoms with Gasteiger partial charge in [-0.1, -0.05) is 18.2 Å². The van der Waals surface area contributed by atoms with Gasteiger partial charge in [0, 0.05) is 50.4 Å². The molecule has 0 bridgehead atoms. The predicted octanol–water partition coefficient (Wildman–Crippen LogP) is 0.782. The molecule has 0 aliphatic carbocycles. The molecule has 2 saturated heterocycles. The van der Waals surface area contributed by atoms with Gasteiger partial charge in [0.2, 0.25) is 0 Å². The molecule has 0 aromatic heterocycles. The Balaban J connectivity index is 1.49. The van der Waals surface area contributed by atoms with Crippen LogP contribution >= 0.6 is 0 Å². The van der Waals surface area contributed by atoms with Gasteiger partial charge in [-0.3, -0.25) is 4.90 Å². The first kappa shape index (κ1) is 12.9. The lowest BCUT2D eigenvalue weighted by Gasteiger charge is -2.37. The van der Waals surface area contributed by atoms with E-state index in [4.69, 9.17) is 10.5 Å². The third kappa shape index (κ3) is 3.08. The number of rotatable bonds is 3. The maximum Gasteiger partial charge on any atom is 0.0621 e. The molecular weight excluding hydrogens is 238 g/mol. The zero-order chi connectivity index (χ0) is 13.1. The Morgan fingerprint density at radius 1 is 1.05 bits per heavy atom. The standard InChI is InChI=1S/C15H23N3O/c16-15-12-19-11-13(15)10-17-6-8-18(9-7-17)14-4-2-1-3-5-14/h1-5,13,15H,6-12,16H2. The fraction of sp³-hybridized carbons (Fsp3) is 0.600. The molecule has 4 heteroatoms. The van der Waals surface area contributed by atoms with Gasteiger partial charge in [-0.05, 0) is 12.1 Å². The van der Waals surface area contributed by atoms with Crippen LogP contribution in [-0.2, 0) is 4.74 Å². The summed E-state index contributed by atoms with van der Waals surface area (Å²) >= 11 is 0. The Morgan fingerprint density at radius 2 is 1.79 bits per heavy atom. The summed E-state index contributed by atoms with van der Waals surface area (Å²) in [6.07, 6.45) is 0. The third-order valence-electron chi connectivity index (χ3n) is 4.23. The second-order valence-corrected chi connectivity index (χ2v) is 5.58. The van der Waals surface area contributed by atoms with Gasteiger partial charge in [0.25, 0.3) is 0 Å². The van der Waals surface area contributed by atoms with Gasteiger partial charge in [0.05, 0.1) is 13.2 Å². The van der Waals surface area contributed by atoms with Crippen LogP contribution in [-0.4, -0.2) is 56.9 Å². The Bertz CT molecular complexity index is 390. The van der Waals surface area contributed by atoms with Crippen molar-refractivity contribution in [1.82, 2.24) is 4.90 Å². The van der Waals surface area contributed by atoms with Crippen LogP contribution in [0.3, 0.4) is 0 Å². The number of nitrogens with two attached hydrogens (primary N) is 1. The summed E-state index contributed by atoms with van der Waals surface area (Å²) in [7, 11) is 0. The summed E-state index contributed by atoms with van der Waals surface area (Å²) in [5.41, 5.74) is 7.39. The first-order valence-corrected chi connectivity index (χ1v) is 7.18. The van der Waals surface area contributed by atoms with Gasteiger partial charge < -0.3 is 15.4 Å². The van der Waals surface area contributed by atoms with Gasteiger partial charge in [-0.2, -0.15) is 0 Å². The minimum Gasteiger partial charge on any atom is -0.379 e. The summed E-state index contributed by atoms with van der Waals surface area (Å²) in [6, 6.07) is 10.9. The van der Waals surface area contributed by atoms with Crippen LogP contribution in [0.5, 0.6) is 0 Å². The second-order valence-electron chi connectivity index (χ2n) is 5.58. The van der Waals surface area contributed by atoms with E-state index in [0.717, 1.165) is 45.9 Å². The van der Waals surface area contributed by atoms with Crippen molar-refractivity contribution >= 4 is 5.69 Å². The van der Waals surface area contributed by atoms with Gasteiger partial charge in [-0.25, -0.2) is 0 Å². The SMILES string of the molecule is NC1COCC1CN1CCN(c2ccccc2)CC1. The van der Waals surface area contributed by atoms with E-state index in [-0.39, 0.29) is 6.04 Å². The highest BCUT2D eigenvalue weighted by atomic mass is 16.5. The predicted molar refractivity (Wildman–Crippen MR) is 77.4 cm³/mol. The molecule has 3 rings (SSSR count). The van der Waals surface area contributed by atoms with E-state index < -0.39 is 0 Å². The van der Waals surface area contributed by atoms with Crippen molar-refractivity contribution in [2.24, 2.45) is 11.7 Å². The van der Waals surface area contributed by atoms with Crippen molar-refractivity contribution in [3.8, 4) is 0 Å². The molecule has 1 aromatic rings. The van der Waals surface area contributed by atoms with E-state index >= 15 is 0 Å². The van der Waals surface area contributed by atoms with Crippen LogP contribution in [0, 0.1) is 5.92 Å². The molecule has 1 aromatic carbocycles. The van der Waals surface area contributed by atoms with E-state index in [0.29, 0.717) is 5.92 Å². The highest BCUT2D eigenvalue weighted by Gasteiger charge is 2.28. The van der Waals surface area contributed by atoms with E-state index in [2.05, 4.69) is 40.1 Å². The summed E-state index contributed by atoms with van der Waals surface area (Å²) in [4.78, 5) is 4.99. The Morgan fingerprint density at radius 3 is 2.42 bits per heavy atom. The molecular formula is C15H23N3O. The number of nitrogens with zero attached hydrogens (tertiary/aromatic N) is 2. The van der Waals surface area contributed by atoms with E-state index in [9.17, 15) is 0 Å². The molecule has 0 radical (unpaired) electrons. The van der Waals surface area contributed by atoms with Crippen molar-refractivity contribution in [2.45, 2.75) is 6.04 Å². The monoisotopic (exact) mass is 261 g/mol. The summed E-state index contributed by atoms with van der Waals surface area (Å²) in [5.74, 6) is 0.517. The molecule has 2 heterocycles. The zero-order valence-corrected chi connectivity index (χ0v) is 11.4. The average Bonchev–Trinajstić information content (AvgIpc) is 2.86. The first-order valence-electron chi connectivity index (χ1n) is 7.18. The highest BCUT2D eigenvalue weighted by molar-refractivity contribution is 5.46. The number of benzene rings is 1. The molecule has 104 valence electrons. The van der Waals surface area contributed by atoms with Gasteiger partial charge in [0.1, 0.15) is 0 Å². The number of piperazine rings is 1. The second kappa shape index (κ2) is 5.90. The Hall–Kier alpha value is -1.10. The molecule has 2 atom stereocenters. The van der Waals surface area contributed by atoms with Crippen molar-refractivity contribution in [3.05, 3.63) is 30.3 Å². The van der Waals surface area contributed by atoms with E-state index in [1.807, 2.05) is 0 Å². The van der Waals surface area contributed by atoms with Crippen molar-refractivity contribution in [3.63, 3.8) is 0 Å². The van der Waals surface area contributed by atoms with E-state index in [1.54, 1.807) is 0 Å². The minimum atomic E-state index is 0.229. The Labute approximate surface area is 115 Å². The van der Waals surface area contributed by atoms with Crippen LogP contribution in [0.4, 0.5) is 5.69 Å². The van der Waals surface area contributed by atoms with Crippen LogP contribution < -0.4 is 10.6 Å². The van der Waals surface area contributed by atoms with Crippen molar-refractivity contribution in [2.75, 3.05) is 50.8 Å². The summed E-state index contributed by atoms with van der Waals surface area (Å²) in [5, 5.41) is 0. The average molecular weight is 261 g/mol. The third-order valence-corrected chi connectivity index (χ3v) is 4.23. The molecule has 4 nitrogen and oxygen atoms in total. The first-order chi connectivity index (χ1) is 9.33. The summed E-state index contributed by atoms with van der Waals surface area (Å²) < 4.78 is 5.44. The summed E-state index contributed by atoms with van der Waals surface area (Å²) in [6.45, 7) is 7.11. The maximum absolute atomic E-state index is 6.05. The molecule has 0 amide bonds. The van der Waals surface area contributed by atoms with Gasteiger partial charge in [0.15, 0.2) is 0 Å². The lowest BCUT2D eigenvalue weighted by molar-refractivity contribution is 0.164. The molecule has 19 heavy (non-hydrogen) atoms. The highest BCUT2D eigenvalue weighted by Crippen LogP contribution is 2.18. The maximum atomic E-state index is 6.05. The molecule has 0 spiro atoms. The van der Waals surface area contributed by atoms with Crippen molar-refractivity contribution < 1.29 is 4.74 Å². The minimum absolute atomic E-state index is 0.229. The number of hydrogen-bond donors (Lipinski definition) is 1. The molecule has 2 aliphatic heterocycles. The number of para-hydroxylation sites is 1. The normalized spacial score (nSPS) is 28.8. The van der Waals surface area contributed by atoms with Crippen LogP contribution in [0.2, 0.25) is 0 Å². The van der Waals surface area contributed by atoms with Gasteiger partial charge in [-0.15, -0.1) is 0 Å². The molecule has 2 unspecified atom stereocenters. The zero-order valence-electron chi connectivity index (χ0n) is 11.4. The molecule has 2 fully saturated rings. The fourth-order valence-electron chi connectivity index (χ4n) is 2.96. The molecule has 2 N–H and O–H groups in total. The number of hydrogen-bond acceptors (Lipinski definition) is 4. The van der Waals surface area contributed by atoms with Crippen molar-refractivity contribution in [1.29, 1.82) is 0 Å². The lowest BCUT2D eigenvalue weighted by Crippen LogP contribution is -2.49. The fourth-order valence-corrected chi connectivity index (χ4v) is 2.96. The largest absolute Gasteiger partial charge is 0.379 e. The quantitative estimate of drug-likeness (QED) is 0.873. The lowest BCUT2D eigenvalue weighted by atomic mass is 10.0. The van der Waals surface area contributed by atoms with Crippen LogP contribution in [0.15, 0.2) is 30.3 Å². The molecule has 0 saturated carbocycles. The van der Waals surface area contributed by atoms with Crippen LogP contribution in [0.1, 0.15) is 0 Å². The Kier molecular flexibility index (Phi) is 4.01. The number of anilines is 1. The topological polar surface area (TPSA) is 41.7 Å². The molecule has 2 aliphatic rings. The van der Waals surface area contributed by atoms with E-state index in [1.165, 1.54) is 5.69 Å². The van der Waals surface area contributed by atoms with Gasteiger partial charge >= 0.3 is 0 Å². The smallest absolute Gasteiger partial charge is 0.0621 e. The van der Waals surface area contributed by atoms with Crippen LogP contribution in [0.25, 0.3) is 0 Å².